The minimum Gasteiger partial charge on any atom is -0.371 e. The van der Waals surface area contributed by atoms with E-state index in [-0.39, 0.29) is 16.7 Å². The number of hydrogen-bond acceptors (Lipinski definition) is 4. The van der Waals surface area contributed by atoms with Crippen molar-refractivity contribution in [3.63, 3.8) is 0 Å². The number of para-hydroxylation sites is 1. The number of hydrogen-bond donors (Lipinski definition) is 1. The number of aryl methyl sites for hydroxylation is 1. The van der Waals surface area contributed by atoms with Crippen molar-refractivity contribution in [1.29, 1.82) is 5.26 Å². The Hall–Kier alpha value is -3.12. The summed E-state index contributed by atoms with van der Waals surface area (Å²) in [5, 5.41) is 12.0. The summed E-state index contributed by atoms with van der Waals surface area (Å²) < 4.78 is 39.9. The lowest BCUT2D eigenvalue weighted by atomic mass is 10.0. The Morgan fingerprint density at radius 3 is 2.75 bits per heavy atom. The van der Waals surface area contributed by atoms with Crippen LogP contribution in [0.4, 0.5) is 24.5 Å². The molecule has 4 rings (SSSR count). The number of alkyl halides is 3. The molecule has 2 aromatic carbocycles. The van der Waals surface area contributed by atoms with Crippen LogP contribution in [0, 0.1) is 11.3 Å². The van der Waals surface area contributed by atoms with E-state index in [1.807, 2.05) is 12.1 Å². The molecule has 2 aliphatic rings. The molecule has 0 saturated carbocycles. The molecule has 1 N–H and O–H groups in total. The fraction of sp³-hybridized carbons (Fsp3) is 0.348. The van der Waals surface area contributed by atoms with Gasteiger partial charge in [-0.05, 0) is 67.7 Å². The van der Waals surface area contributed by atoms with E-state index in [1.54, 1.807) is 6.07 Å². The van der Waals surface area contributed by atoms with E-state index >= 15 is 0 Å². The Labute approximate surface area is 189 Å². The maximum atomic E-state index is 13.3. The highest BCUT2D eigenvalue weighted by atomic mass is 32.1. The summed E-state index contributed by atoms with van der Waals surface area (Å²) in [7, 11) is 0. The number of amides is 1. The highest BCUT2D eigenvalue weighted by molar-refractivity contribution is 7.80. The average Bonchev–Trinajstić information content (AvgIpc) is 3.06. The molecule has 9 heteroatoms. The largest absolute Gasteiger partial charge is 0.417 e. The lowest BCUT2D eigenvalue weighted by molar-refractivity contribution is -0.137. The first kappa shape index (κ1) is 22.1. The summed E-state index contributed by atoms with van der Waals surface area (Å²) in [4.78, 5) is 16.3. The molecule has 0 radical (unpaired) electrons. The maximum Gasteiger partial charge on any atom is 0.417 e. The zero-order chi connectivity index (χ0) is 22.9. The van der Waals surface area contributed by atoms with Crippen LogP contribution in [0.1, 0.15) is 36.0 Å². The van der Waals surface area contributed by atoms with Gasteiger partial charge < -0.3 is 10.2 Å². The smallest absolute Gasteiger partial charge is 0.371 e. The summed E-state index contributed by atoms with van der Waals surface area (Å²) in [5.41, 5.74) is 0.970. The zero-order valence-corrected chi connectivity index (χ0v) is 18.0. The number of fused-ring (bicyclic) bond motifs is 1. The molecule has 0 aromatic heterocycles. The molecule has 1 atom stereocenters. The van der Waals surface area contributed by atoms with Crippen molar-refractivity contribution in [2.75, 3.05) is 22.9 Å². The van der Waals surface area contributed by atoms with Crippen LogP contribution in [0.5, 0.6) is 0 Å². The lowest BCUT2D eigenvalue weighted by Gasteiger charge is -2.31. The molecule has 166 valence electrons. The third-order valence-corrected chi connectivity index (χ3v) is 6.13. The first-order chi connectivity index (χ1) is 15.3. The molecule has 1 fully saturated rings. The molecule has 0 aliphatic carbocycles. The number of thiocarbonyl (C=S) groups is 1. The van der Waals surface area contributed by atoms with Crippen LogP contribution in [0.3, 0.4) is 0 Å². The molecule has 1 amide bonds. The van der Waals surface area contributed by atoms with E-state index in [4.69, 9.17) is 17.5 Å². The second kappa shape index (κ2) is 8.79. The normalized spacial score (nSPS) is 18.4. The molecule has 1 saturated heterocycles. The van der Waals surface area contributed by atoms with Gasteiger partial charge in [0, 0.05) is 18.8 Å². The molecule has 2 aliphatic heterocycles. The van der Waals surface area contributed by atoms with E-state index in [1.165, 1.54) is 17.3 Å². The molecule has 1 unspecified atom stereocenters. The monoisotopic (exact) mass is 458 g/mol. The quantitative estimate of drug-likeness (QED) is 0.673. The predicted molar refractivity (Wildman–Crippen MR) is 119 cm³/mol. The van der Waals surface area contributed by atoms with Crippen molar-refractivity contribution >= 4 is 34.6 Å². The van der Waals surface area contributed by atoms with Crippen LogP contribution >= 0.6 is 12.2 Å². The molecular formula is C23H21F3N4OS. The Kier molecular flexibility index (Phi) is 6.07. The summed E-state index contributed by atoms with van der Waals surface area (Å²) >= 11 is 5.24. The van der Waals surface area contributed by atoms with E-state index in [9.17, 15) is 18.0 Å². The lowest BCUT2D eigenvalue weighted by Crippen LogP contribution is -2.33. The number of rotatable bonds is 5. The highest BCUT2D eigenvalue weighted by Gasteiger charge is 2.39. The molecule has 2 aromatic rings. The number of benzene rings is 2. The van der Waals surface area contributed by atoms with Gasteiger partial charge in [0.05, 0.1) is 22.9 Å². The fourth-order valence-electron chi connectivity index (χ4n) is 4.30. The molecular weight excluding hydrogens is 437 g/mol. The first-order valence-corrected chi connectivity index (χ1v) is 10.8. The summed E-state index contributed by atoms with van der Waals surface area (Å²) in [6, 6.07) is 12.4. The minimum atomic E-state index is -4.71. The standard InChI is InChI=1S/C23H21F3N4OS/c24-23(25,26)18-13-17(10-9-16(18)14-27)30-21(31)19(28-22(30)32)7-4-12-29-11-3-6-15-5-1-2-8-20(15)29/h1-2,5,8-10,13,19H,3-4,6-7,11-12H2,(H,28,32). The van der Waals surface area contributed by atoms with Gasteiger partial charge >= 0.3 is 6.18 Å². The number of nitriles is 1. The Balaban J connectivity index is 1.44. The second-order valence-electron chi connectivity index (χ2n) is 7.88. The van der Waals surface area contributed by atoms with Gasteiger partial charge in [-0.1, -0.05) is 18.2 Å². The Morgan fingerprint density at radius 1 is 1.22 bits per heavy atom. The van der Waals surface area contributed by atoms with E-state index in [2.05, 4.69) is 22.3 Å². The third kappa shape index (κ3) is 4.28. The highest BCUT2D eigenvalue weighted by Crippen LogP contribution is 2.35. The number of anilines is 2. The molecule has 2 heterocycles. The van der Waals surface area contributed by atoms with E-state index < -0.39 is 23.3 Å². The van der Waals surface area contributed by atoms with E-state index in [0.29, 0.717) is 6.42 Å². The topological polar surface area (TPSA) is 59.4 Å². The SMILES string of the molecule is N#Cc1ccc(N2C(=O)C(CCCN3CCCc4ccccc43)NC2=S)cc1C(F)(F)F. The predicted octanol–water partition coefficient (Wildman–Crippen LogP) is 4.40. The maximum absolute atomic E-state index is 13.3. The van der Waals surface area contributed by atoms with E-state index in [0.717, 1.165) is 49.4 Å². The first-order valence-electron chi connectivity index (χ1n) is 10.4. The van der Waals surface area contributed by atoms with Crippen LogP contribution in [-0.2, 0) is 17.4 Å². The Bertz CT molecular complexity index is 1100. The van der Waals surface area contributed by atoms with Crippen molar-refractivity contribution in [2.45, 2.75) is 37.9 Å². The van der Waals surface area contributed by atoms with Gasteiger partial charge in [-0.2, -0.15) is 18.4 Å². The fourth-order valence-corrected chi connectivity index (χ4v) is 4.64. The van der Waals surface area contributed by atoms with Crippen molar-refractivity contribution in [2.24, 2.45) is 0 Å². The number of carbonyl (C=O) groups excluding carboxylic acids is 1. The van der Waals surface area contributed by atoms with Crippen molar-refractivity contribution < 1.29 is 18.0 Å². The van der Waals surface area contributed by atoms with Gasteiger partial charge in [-0.15, -0.1) is 0 Å². The van der Waals surface area contributed by atoms with Crippen molar-refractivity contribution in [1.82, 2.24) is 5.32 Å². The minimum absolute atomic E-state index is 0.00582. The summed E-state index contributed by atoms with van der Waals surface area (Å²) in [6.45, 7) is 1.74. The number of carbonyl (C=O) groups is 1. The summed E-state index contributed by atoms with van der Waals surface area (Å²) in [6.07, 6.45) is -1.33. The van der Waals surface area contributed by atoms with Crippen LogP contribution in [-0.4, -0.2) is 30.2 Å². The van der Waals surface area contributed by atoms with Crippen LogP contribution in [0.25, 0.3) is 0 Å². The molecule has 5 nitrogen and oxygen atoms in total. The van der Waals surface area contributed by atoms with Gasteiger partial charge in [0.25, 0.3) is 5.91 Å². The second-order valence-corrected chi connectivity index (χ2v) is 8.26. The van der Waals surface area contributed by atoms with Gasteiger partial charge in [0.15, 0.2) is 5.11 Å². The number of nitrogens with one attached hydrogen (secondary N) is 1. The number of halogens is 3. The van der Waals surface area contributed by atoms with Gasteiger partial charge in [0.1, 0.15) is 6.04 Å². The van der Waals surface area contributed by atoms with Crippen LogP contribution in [0.2, 0.25) is 0 Å². The molecule has 0 bridgehead atoms. The van der Waals surface area contributed by atoms with Crippen molar-refractivity contribution in [3.05, 3.63) is 59.2 Å². The van der Waals surface area contributed by atoms with Gasteiger partial charge in [-0.3, -0.25) is 9.69 Å². The zero-order valence-electron chi connectivity index (χ0n) is 17.2. The Morgan fingerprint density at radius 2 is 2.00 bits per heavy atom. The summed E-state index contributed by atoms with van der Waals surface area (Å²) in [5.74, 6) is -0.383. The number of nitrogens with zero attached hydrogens (tertiary/aromatic N) is 3. The van der Waals surface area contributed by atoms with Crippen LogP contribution in [0.15, 0.2) is 42.5 Å². The van der Waals surface area contributed by atoms with Gasteiger partial charge in [0.2, 0.25) is 0 Å². The molecule has 32 heavy (non-hydrogen) atoms. The van der Waals surface area contributed by atoms with Crippen molar-refractivity contribution in [3.8, 4) is 6.07 Å². The molecule has 0 spiro atoms. The third-order valence-electron chi connectivity index (χ3n) is 5.83. The van der Waals surface area contributed by atoms with Gasteiger partial charge in [-0.25, -0.2) is 0 Å². The van der Waals surface area contributed by atoms with Crippen LogP contribution < -0.4 is 15.1 Å². The average molecular weight is 459 g/mol.